The predicted molar refractivity (Wildman–Crippen MR) is 69.5 cm³/mol. The number of hydrogen-bond donors (Lipinski definition) is 2. The third kappa shape index (κ3) is 3.07. The number of halogens is 1. The van der Waals surface area contributed by atoms with E-state index >= 15 is 0 Å². The van der Waals surface area contributed by atoms with Crippen molar-refractivity contribution in [2.24, 2.45) is 0 Å². The summed E-state index contributed by atoms with van der Waals surface area (Å²) in [6, 6.07) is 6.18. The molecule has 1 aliphatic carbocycles. The molecular weight excluding hydrogens is 269 g/mol. The molecule has 0 aromatic heterocycles. The molecule has 0 atom stereocenters. The first-order chi connectivity index (χ1) is 9.03. The first-order valence-electron chi connectivity index (χ1n) is 5.95. The second-order valence-electron chi connectivity index (χ2n) is 4.51. The third-order valence-electron chi connectivity index (χ3n) is 3.19. The van der Waals surface area contributed by atoms with Gasteiger partial charge in [0.05, 0.1) is 5.75 Å². The smallest absolute Gasteiger partial charge is 0.329 e. The molecule has 0 saturated heterocycles. The van der Waals surface area contributed by atoms with Gasteiger partial charge in [-0.25, -0.2) is 9.18 Å². The van der Waals surface area contributed by atoms with Crippen molar-refractivity contribution in [3.8, 4) is 0 Å². The Labute approximate surface area is 114 Å². The molecule has 1 aromatic carbocycles. The van der Waals surface area contributed by atoms with Gasteiger partial charge in [-0.05, 0) is 31.4 Å². The van der Waals surface area contributed by atoms with Crippen LogP contribution in [-0.2, 0) is 9.59 Å². The minimum Gasteiger partial charge on any atom is -0.480 e. The zero-order valence-corrected chi connectivity index (χ0v) is 11.0. The van der Waals surface area contributed by atoms with Crippen molar-refractivity contribution >= 4 is 23.6 Å². The van der Waals surface area contributed by atoms with E-state index < -0.39 is 11.5 Å². The number of rotatable bonds is 5. The van der Waals surface area contributed by atoms with E-state index in [-0.39, 0.29) is 17.5 Å². The number of amides is 1. The summed E-state index contributed by atoms with van der Waals surface area (Å²) < 4.78 is 13.3. The minimum atomic E-state index is -1.10. The number of carboxylic acids is 1. The van der Waals surface area contributed by atoms with Crippen LogP contribution in [0.5, 0.6) is 0 Å². The molecule has 2 rings (SSSR count). The van der Waals surface area contributed by atoms with Gasteiger partial charge in [0.25, 0.3) is 0 Å². The van der Waals surface area contributed by atoms with E-state index in [2.05, 4.69) is 5.32 Å². The van der Waals surface area contributed by atoms with Gasteiger partial charge in [0.1, 0.15) is 11.4 Å². The minimum absolute atomic E-state index is 0.00988. The summed E-state index contributed by atoms with van der Waals surface area (Å²) in [6.07, 6.45) is 1.71. The highest BCUT2D eigenvalue weighted by atomic mass is 32.2. The van der Waals surface area contributed by atoms with Crippen LogP contribution < -0.4 is 5.32 Å². The molecule has 0 spiro atoms. The van der Waals surface area contributed by atoms with Gasteiger partial charge in [0, 0.05) is 4.90 Å². The summed E-state index contributed by atoms with van der Waals surface area (Å²) in [7, 11) is 0. The third-order valence-corrected chi connectivity index (χ3v) is 4.24. The van der Waals surface area contributed by atoms with Crippen molar-refractivity contribution in [1.82, 2.24) is 5.32 Å². The lowest BCUT2D eigenvalue weighted by molar-refractivity contribution is -0.151. The summed E-state index contributed by atoms with van der Waals surface area (Å²) in [4.78, 5) is 23.2. The van der Waals surface area contributed by atoms with E-state index in [1.165, 1.54) is 6.07 Å². The highest BCUT2D eigenvalue weighted by molar-refractivity contribution is 8.00. The fraction of sp³-hybridized carbons (Fsp3) is 0.385. The maximum Gasteiger partial charge on any atom is 0.329 e. The molecule has 19 heavy (non-hydrogen) atoms. The molecule has 1 saturated carbocycles. The SMILES string of the molecule is O=C(CSc1ccccc1F)NC1(C(=O)O)CCC1. The number of aliphatic carboxylic acids is 1. The average molecular weight is 283 g/mol. The van der Waals surface area contributed by atoms with Crippen LogP contribution in [0.1, 0.15) is 19.3 Å². The number of benzene rings is 1. The van der Waals surface area contributed by atoms with Gasteiger partial charge in [-0.15, -0.1) is 11.8 Å². The Morgan fingerprint density at radius 3 is 2.58 bits per heavy atom. The highest BCUT2D eigenvalue weighted by Gasteiger charge is 2.45. The first kappa shape index (κ1) is 13.9. The van der Waals surface area contributed by atoms with E-state index in [0.717, 1.165) is 18.2 Å². The number of carbonyl (C=O) groups excluding carboxylic acids is 1. The molecule has 0 radical (unpaired) electrons. The van der Waals surface area contributed by atoms with Crippen LogP contribution >= 0.6 is 11.8 Å². The Balaban J connectivity index is 1.89. The topological polar surface area (TPSA) is 66.4 Å². The van der Waals surface area contributed by atoms with Crippen molar-refractivity contribution in [2.45, 2.75) is 29.7 Å². The highest BCUT2D eigenvalue weighted by Crippen LogP contribution is 2.32. The quantitative estimate of drug-likeness (QED) is 0.812. The summed E-state index contributed by atoms with van der Waals surface area (Å²) in [5, 5.41) is 11.6. The average Bonchev–Trinajstić information content (AvgIpc) is 2.32. The molecule has 4 nitrogen and oxygen atoms in total. The Morgan fingerprint density at radius 2 is 2.05 bits per heavy atom. The standard InChI is InChI=1S/C13H14FNO3S/c14-9-4-1-2-5-10(9)19-8-11(16)15-13(12(17)18)6-3-7-13/h1-2,4-5H,3,6-8H2,(H,15,16)(H,17,18). The van der Waals surface area contributed by atoms with Gasteiger partial charge < -0.3 is 10.4 Å². The number of hydrogen-bond acceptors (Lipinski definition) is 3. The fourth-order valence-corrected chi connectivity index (χ4v) is 2.67. The molecule has 0 aliphatic heterocycles. The monoisotopic (exact) mass is 283 g/mol. The molecule has 0 unspecified atom stereocenters. The van der Waals surface area contributed by atoms with Crippen molar-refractivity contribution in [3.63, 3.8) is 0 Å². The number of carbonyl (C=O) groups is 2. The molecule has 0 heterocycles. The van der Waals surface area contributed by atoms with Crippen LogP contribution in [-0.4, -0.2) is 28.3 Å². The van der Waals surface area contributed by atoms with E-state index in [1.54, 1.807) is 18.2 Å². The van der Waals surface area contributed by atoms with Crippen molar-refractivity contribution in [1.29, 1.82) is 0 Å². The summed E-state index contributed by atoms with van der Waals surface area (Å²) in [6.45, 7) is 0. The summed E-state index contributed by atoms with van der Waals surface area (Å²) >= 11 is 1.06. The normalized spacial score (nSPS) is 16.5. The van der Waals surface area contributed by atoms with Crippen LogP contribution in [0.2, 0.25) is 0 Å². The molecule has 1 fully saturated rings. The lowest BCUT2D eigenvalue weighted by Crippen LogP contribution is -2.59. The maximum atomic E-state index is 13.3. The molecule has 6 heteroatoms. The second-order valence-corrected chi connectivity index (χ2v) is 5.53. The zero-order chi connectivity index (χ0) is 13.9. The molecule has 1 aliphatic rings. The van der Waals surface area contributed by atoms with E-state index in [9.17, 15) is 14.0 Å². The largest absolute Gasteiger partial charge is 0.480 e. The number of carboxylic acid groups (broad SMARTS) is 1. The lowest BCUT2D eigenvalue weighted by Gasteiger charge is -2.38. The van der Waals surface area contributed by atoms with Crippen LogP contribution in [0.4, 0.5) is 4.39 Å². The second kappa shape index (κ2) is 5.61. The van der Waals surface area contributed by atoms with Gasteiger partial charge >= 0.3 is 5.97 Å². The Hall–Kier alpha value is -1.56. The summed E-state index contributed by atoms with van der Waals surface area (Å²) in [5.41, 5.74) is -1.10. The lowest BCUT2D eigenvalue weighted by atomic mass is 9.77. The van der Waals surface area contributed by atoms with Gasteiger partial charge in [-0.2, -0.15) is 0 Å². The van der Waals surface area contributed by atoms with Gasteiger partial charge in [-0.3, -0.25) is 4.79 Å². The number of thioether (sulfide) groups is 1. The zero-order valence-electron chi connectivity index (χ0n) is 10.2. The van der Waals surface area contributed by atoms with Gasteiger partial charge in [0.15, 0.2) is 0 Å². The van der Waals surface area contributed by atoms with Crippen molar-refractivity contribution in [2.75, 3.05) is 5.75 Å². The Bertz CT molecular complexity index is 502. The van der Waals surface area contributed by atoms with E-state index in [4.69, 9.17) is 5.11 Å². The van der Waals surface area contributed by atoms with Crippen LogP contribution in [0.25, 0.3) is 0 Å². The fourth-order valence-electron chi connectivity index (χ4n) is 1.93. The van der Waals surface area contributed by atoms with Crippen LogP contribution in [0.15, 0.2) is 29.2 Å². The van der Waals surface area contributed by atoms with Gasteiger partial charge in [0.2, 0.25) is 5.91 Å². The Morgan fingerprint density at radius 1 is 1.37 bits per heavy atom. The molecule has 0 bridgehead atoms. The summed E-state index contributed by atoms with van der Waals surface area (Å²) in [5.74, 6) is -1.74. The molecule has 1 amide bonds. The Kier molecular flexibility index (Phi) is 4.09. The van der Waals surface area contributed by atoms with Crippen molar-refractivity contribution < 1.29 is 19.1 Å². The molecule has 1 aromatic rings. The predicted octanol–water partition coefficient (Wildman–Crippen LogP) is 2.04. The van der Waals surface area contributed by atoms with E-state index in [1.807, 2.05) is 0 Å². The van der Waals surface area contributed by atoms with Crippen LogP contribution in [0, 0.1) is 5.82 Å². The number of nitrogens with one attached hydrogen (secondary N) is 1. The first-order valence-corrected chi connectivity index (χ1v) is 6.94. The van der Waals surface area contributed by atoms with E-state index in [0.29, 0.717) is 17.7 Å². The molecule has 102 valence electrons. The molecular formula is C13H14FNO3S. The van der Waals surface area contributed by atoms with Crippen LogP contribution in [0.3, 0.4) is 0 Å². The van der Waals surface area contributed by atoms with Crippen molar-refractivity contribution in [3.05, 3.63) is 30.1 Å². The maximum absolute atomic E-state index is 13.3. The molecule has 2 N–H and O–H groups in total. The van der Waals surface area contributed by atoms with Gasteiger partial charge in [-0.1, -0.05) is 12.1 Å².